The summed E-state index contributed by atoms with van der Waals surface area (Å²) in [5, 5.41) is 0.0310. The van der Waals surface area contributed by atoms with Crippen LogP contribution in [-0.2, 0) is 0 Å². The first-order chi connectivity index (χ1) is 8.30. The number of nitrogens with zero attached hydrogens (tertiary/aromatic N) is 1. The van der Waals surface area contributed by atoms with Crippen molar-refractivity contribution in [2.24, 2.45) is 0 Å². The van der Waals surface area contributed by atoms with Crippen LogP contribution in [-0.4, -0.2) is 29.8 Å². The Morgan fingerprint density at radius 3 is 2.67 bits per heavy atom. The fraction of sp³-hybridized carbons (Fsp3) is 0.364. The van der Waals surface area contributed by atoms with Crippen LogP contribution in [0.1, 0.15) is 16.8 Å². The number of hydrogen-bond acceptors (Lipinski definition) is 1. The van der Waals surface area contributed by atoms with Gasteiger partial charge in [0.25, 0.3) is 11.8 Å². The molecule has 0 unspecified atom stereocenters. The minimum absolute atomic E-state index is 0.0310. The van der Waals surface area contributed by atoms with E-state index in [0.29, 0.717) is 0 Å². The molecule has 18 heavy (non-hydrogen) atoms. The number of alkyl halides is 2. The number of amides is 1. The molecule has 0 aliphatic carbocycles. The Hall–Kier alpha value is -0.750. The number of rotatable bonds is 1. The molecule has 0 saturated carbocycles. The Morgan fingerprint density at radius 1 is 1.44 bits per heavy atom. The Balaban J connectivity index is 2.27. The molecule has 0 bridgehead atoms. The standard InChI is InChI=1S/C11H8BrClF3NO/c12-7-4-8(13)6(3-9(7)14)10(18)17-2-1-11(15,16)5-17/h3-4H,1-2,5H2. The molecule has 0 atom stereocenters. The fourth-order valence-electron chi connectivity index (χ4n) is 1.77. The number of carbonyl (C=O) groups excluding carboxylic acids is 1. The summed E-state index contributed by atoms with van der Waals surface area (Å²) in [6.45, 7) is -0.709. The normalized spacial score (nSPS) is 18.2. The van der Waals surface area contributed by atoms with E-state index < -0.39 is 24.2 Å². The summed E-state index contributed by atoms with van der Waals surface area (Å²) in [6, 6.07) is 2.18. The molecule has 0 spiro atoms. The van der Waals surface area contributed by atoms with Crippen LogP contribution in [0.5, 0.6) is 0 Å². The molecule has 1 aromatic rings. The summed E-state index contributed by atoms with van der Waals surface area (Å²) in [5.74, 6) is -4.21. The van der Waals surface area contributed by atoms with Gasteiger partial charge in [-0.15, -0.1) is 0 Å². The maximum absolute atomic E-state index is 13.3. The zero-order chi connectivity index (χ0) is 13.5. The van der Waals surface area contributed by atoms with E-state index >= 15 is 0 Å². The molecule has 1 aromatic carbocycles. The highest BCUT2D eigenvalue weighted by Crippen LogP contribution is 2.30. The molecule has 1 aliphatic heterocycles. The SMILES string of the molecule is O=C(c1cc(F)c(Br)cc1Cl)N1CCC(F)(F)C1. The fourth-order valence-corrected chi connectivity index (χ4v) is 2.49. The third-order valence-corrected chi connectivity index (χ3v) is 3.62. The lowest BCUT2D eigenvalue weighted by molar-refractivity contribution is 0.0120. The van der Waals surface area contributed by atoms with E-state index in [0.717, 1.165) is 11.0 Å². The van der Waals surface area contributed by atoms with Crippen molar-refractivity contribution in [3.8, 4) is 0 Å². The average Bonchev–Trinajstić information content (AvgIpc) is 2.63. The molecule has 2 nitrogen and oxygen atoms in total. The number of benzene rings is 1. The van der Waals surface area contributed by atoms with Crippen molar-refractivity contribution in [2.45, 2.75) is 12.3 Å². The molecule has 1 heterocycles. The lowest BCUT2D eigenvalue weighted by Gasteiger charge is -2.17. The van der Waals surface area contributed by atoms with Gasteiger partial charge < -0.3 is 4.90 Å². The summed E-state index contributed by atoms with van der Waals surface area (Å²) in [5.41, 5.74) is -0.102. The Bertz CT molecular complexity index is 509. The van der Waals surface area contributed by atoms with Gasteiger partial charge >= 0.3 is 0 Å². The first-order valence-corrected chi connectivity index (χ1v) is 6.29. The maximum Gasteiger partial charge on any atom is 0.267 e. The Labute approximate surface area is 115 Å². The Morgan fingerprint density at radius 2 is 2.11 bits per heavy atom. The second-order valence-corrected chi connectivity index (χ2v) is 5.34. The molecule has 1 aliphatic rings. The summed E-state index contributed by atoms with van der Waals surface area (Å²) in [4.78, 5) is 12.9. The predicted octanol–water partition coefficient (Wildman–Crippen LogP) is 3.72. The number of carbonyl (C=O) groups is 1. The predicted molar refractivity (Wildman–Crippen MR) is 64.6 cm³/mol. The van der Waals surface area contributed by atoms with Crippen LogP contribution in [0.3, 0.4) is 0 Å². The van der Waals surface area contributed by atoms with Crippen LogP contribution in [0.15, 0.2) is 16.6 Å². The van der Waals surface area contributed by atoms with Crippen LogP contribution >= 0.6 is 27.5 Å². The monoisotopic (exact) mass is 341 g/mol. The zero-order valence-corrected chi connectivity index (χ0v) is 11.4. The average molecular weight is 343 g/mol. The van der Waals surface area contributed by atoms with Gasteiger partial charge in [0.2, 0.25) is 0 Å². The van der Waals surface area contributed by atoms with Gasteiger partial charge in [-0.3, -0.25) is 4.79 Å². The molecule has 1 amide bonds. The van der Waals surface area contributed by atoms with E-state index in [1.807, 2.05) is 0 Å². The van der Waals surface area contributed by atoms with Gasteiger partial charge in [-0.1, -0.05) is 11.6 Å². The van der Waals surface area contributed by atoms with Crippen molar-refractivity contribution < 1.29 is 18.0 Å². The smallest absolute Gasteiger partial charge is 0.267 e. The Kier molecular flexibility index (Phi) is 3.60. The van der Waals surface area contributed by atoms with Crippen molar-refractivity contribution in [1.82, 2.24) is 4.90 Å². The van der Waals surface area contributed by atoms with Crippen LogP contribution < -0.4 is 0 Å². The largest absolute Gasteiger partial charge is 0.332 e. The van der Waals surface area contributed by atoms with Crippen LogP contribution in [0.25, 0.3) is 0 Å². The van der Waals surface area contributed by atoms with Gasteiger partial charge in [0.15, 0.2) is 0 Å². The van der Waals surface area contributed by atoms with E-state index in [-0.39, 0.29) is 28.0 Å². The van der Waals surface area contributed by atoms with Gasteiger partial charge in [0.05, 0.1) is 21.6 Å². The number of likely N-dealkylation sites (tertiary alicyclic amines) is 1. The summed E-state index contributed by atoms with van der Waals surface area (Å²) < 4.78 is 39.5. The molecule has 1 fully saturated rings. The van der Waals surface area contributed by atoms with Crippen LogP contribution in [0, 0.1) is 5.82 Å². The second-order valence-electron chi connectivity index (χ2n) is 4.08. The van der Waals surface area contributed by atoms with Crippen LogP contribution in [0.2, 0.25) is 5.02 Å². The molecule has 0 N–H and O–H groups in total. The van der Waals surface area contributed by atoms with E-state index in [4.69, 9.17) is 11.6 Å². The minimum atomic E-state index is -2.88. The minimum Gasteiger partial charge on any atom is -0.332 e. The van der Waals surface area contributed by atoms with Crippen molar-refractivity contribution in [3.05, 3.63) is 33.0 Å². The molecule has 7 heteroatoms. The van der Waals surface area contributed by atoms with E-state index in [1.54, 1.807) is 0 Å². The van der Waals surface area contributed by atoms with Gasteiger partial charge in [-0.05, 0) is 28.1 Å². The molecule has 0 aromatic heterocycles. The van der Waals surface area contributed by atoms with Gasteiger partial charge in [0, 0.05) is 13.0 Å². The quantitative estimate of drug-likeness (QED) is 0.712. The maximum atomic E-state index is 13.3. The third kappa shape index (κ3) is 2.64. The molecule has 2 rings (SSSR count). The highest BCUT2D eigenvalue weighted by Gasteiger charge is 2.40. The molecule has 1 saturated heterocycles. The van der Waals surface area contributed by atoms with Gasteiger partial charge in [-0.25, -0.2) is 13.2 Å². The van der Waals surface area contributed by atoms with Crippen molar-refractivity contribution in [3.63, 3.8) is 0 Å². The highest BCUT2D eigenvalue weighted by atomic mass is 79.9. The van der Waals surface area contributed by atoms with E-state index in [9.17, 15) is 18.0 Å². The molecular formula is C11H8BrClF3NO. The van der Waals surface area contributed by atoms with Gasteiger partial charge in [-0.2, -0.15) is 0 Å². The molecular weight excluding hydrogens is 334 g/mol. The number of hydrogen-bond donors (Lipinski definition) is 0. The van der Waals surface area contributed by atoms with Crippen molar-refractivity contribution in [1.29, 1.82) is 0 Å². The van der Waals surface area contributed by atoms with E-state index in [1.165, 1.54) is 6.07 Å². The highest BCUT2D eigenvalue weighted by molar-refractivity contribution is 9.10. The first-order valence-electron chi connectivity index (χ1n) is 5.12. The lowest BCUT2D eigenvalue weighted by Crippen LogP contribution is -2.31. The topological polar surface area (TPSA) is 20.3 Å². The zero-order valence-electron chi connectivity index (χ0n) is 9.02. The van der Waals surface area contributed by atoms with E-state index in [2.05, 4.69) is 15.9 Å². The second kappa shape index (κ2) is 4.74. The third-order valence-electron chi connectivity index (χ3n) is 2.70. The van der Waals surface area contributed by atoms with Crippen molar-refractivity contribution in [2.75, 3.05) is 13.1 Å². The van der Waals surface area contributed by atoms with Crippen LogP contribution in [0.4, 0.5) is 13.2 Å². The molecule has 0 radical (unpaired) electrons. The van der Waals surface area contributed by atoms with Crippen molar-refractivity contribution >= 4 is 33.4 Å². The molecule has 98 valence electrons. The summed E-state index contributed by atoms with van der Waals surface area (Å²) in [6.07, 6.45) is -0.380. The first kappa shape index (κ1) is 13.7. The van der Waals surface area contributed by atoms with Gasteiger partial charge in [0.1, 0.15) is 5.82 Å². The number of halogens is 5. The summed E-state index contributed by atoms with van der Waals surface area (Å²) >= 11 is 8.74. The summed E-state index contributed by atoms with van der Waals surface area (Å²) in [7, 11) is 0. The lowest BCUT2D eigenvalue weighted by atomic mass is 10.2.